The van der Waals surface area contributed by atoms with Crippen molar-refractivity contribution in [3.8, 4) is 5.75 Å². The third-order valence-corrected chi connectivity index (χ3v) is 18.8. The summed E-state index contributed by atoms with van der Waals surface area (Å²) in [6, 6.07) is 35.5. The Labute approximate surface area is 414 Å². The van der Waals surface area contributed by atoms with E-state index in [-0.39, 0.29) is 5.54 Å². The number of aromatic hydroxyl groups is 1. The number of hydrogen-bond donors (Lipinski definition) is 1. The van der Waals surface area contributed by atoms with Gasteiger partial charge in [0.15, 0.2) is 0 Å². The summed E-state index contributed by atoms with van der Waals surface area (Å²) in [6.45, 7) is 17.0. The Morgan fingerprint density at radius 2 is 0.706 bits per heavy atom. The molecule has 12 rings (SSSR count). The molecule has 0 atom stereocenters. The van der Waals surface area contributed by atoms with E-state index < -0.39 is 0 Å². The number of rotatable bonds is 8. The third-order valence-electron chi connectivity index (χ3n) is 18.8. The first kappa shape index (κ1) is 49.5. The van der Waals surface area contributed by atoms with E-state index >= 15 is 0 Å². The minimum atomic E-state index is 0.141. The van der Waals surface area contributed by atoms with Crippen LogP contribution in [0.25, 0.3) is 0 Å². The molecule has 4 aliphatic carbocycles. The topological polar surface area (TPSA) is 33.2 Å². The highest BCUT2D eigenvalue weighted by Gasteiger charge is 2.45. The Morgan fingerprint density at radius 1 is 0.324 bits per heavy atom. The maximum Gasteiger partial charge on any atom is 0.120 e. The van der Waals surface area contributed by atoms with Crippen molar-refractivity contribution >= 4 is 0 Å². The highest BCUT2D eigenvalue weighted by Crippen LogP contribution is 2.49. The normalized spacial score (nSPS) is 24.3. The summed E-state index contributed by atoms with van der Waals surface area (Å²) in [7, 11) is 0. The van der Waals surface area contributed by atoms with Gasteiger partial charge < -0.3 is 5.11 Å². The smallest absolute Gasteiger partial charge is 0.120 e. The summed E-state index contributed by atoms with van der Waals surface area (Å²) in [5.41, 5.74) is 11.5. The summed E-state index contributed by atoms with van der Waals surface area (Å²) < 4.78 is 0. The molecule has 4 aromatic rings. The van der Waals surface area contributed by atoms with Crippen molar-refractivity contribution in [2.24, 2.45) is 0 Å². The van der Waals surface area contributed by atoms with Crippen LogP contribution in [0.4, 0.5) is 0 Å². The fourth-order valence-electron chi connectivity index (χ4n) is 14.4. The molecule has 1 N–H and O–H groups in total. The van der Waals surface area contributed by atoms with Gasteiger partial charge in [-0.15, -0.1) is 0 Å². The molecule has 0 amide bonds. The molecule has 8 fully saturated rings. The SMILES string of the molecule is Cc1ccc(C2(N3CCC3)CCCCC2)cc1.Cc1cccc(C2(N3CCC3)CCCCC2)c1.Cc1ccccc1C1(N2CCC2)CCCCC1.Oc1ccccc1C1(N2CCC2)CCCCC1. The largest absolute Gasteiger partial charge is 0.508 e. The Morgan fingerprint density at radius 3 is 1.12 bits per heavy atom. The maximum absolute atomic E-state index is 10.2. The van der Waals surface area contributed by atoms with Crippen LogP contribution in [0.3, 0.4) is 0 Å². The highest BCUT2D eigenvalue weighted by molar-refractivity contribution is 5.39. The third kappa shape index (κ3) is 10.4. The number of nitrogens with zero attached hydrogens (tertiary/aromatic N) is 4. The van der Waals surface area contributed by atoms with E-state index in [1.807, 2.05) is 12.1 Å². The molecule has 4 aromatic carbocycles. The second-order valence-corrected chi connectivity index (χ2v) is 22.8. The summed E-state index contributed by atoms with van der Waals surface area (Å²) in [5.74, 6) is 0.487. The van der Waals surface area contributed by atoms with E-state index in [0.29, 0.717) is 22.4 Å². The van der Waals surface area contributed by atoms with Gasteiger partial charge in [0.25, 0.3) is 0 Å². The van der Waals surface area contributed by atoms with Gasteiger partial charge in [0.05, 0.1) is 0 Å². The number of hydrogen-bond acceptors (Lipinski definition) is 5. The molecular formula is C63H90N4O. The molecule has 4 aliphatic heterocycles. The number of benzene rings is 4. The molecule has 5 heteroatoms. The second-order valence-electron chi connectivity index (χ2n) is 22.8. The Balaban J connectivity index is 0.000000113. The summed E-state index contributed by atoms with van der Waals surface area (Å²) >= 11 is 0. The molecule has 0 unspecified atom stereocenters. The van der Waals surface area contributed by atoms with Gasteiger partial charge in [-0.25, -0.2) is 0 Å². The highest BCUT2D eigenvalue weighted by atomic mass is 16.3. The van der Waals surface area contributed by atoms with E-state index in [2.05, 4.69) is 125 Å². The molecule has 4 heterocycles. The van der Waals surface area contributed by atoms with Crippen molar-refractivity contribution < 1.29 is 5.11 Å². The Bertz CT molecular complexity index is 2080. The number of para-hydroxylation sites is 1. The van der Waals surface area contributed by atoms with E-state index in [1.165, 1.54) is 229 Å². The van der Waals surface area contributed by atoms with Crippen molar-refractivity contribution in [1.82, 2.24) is 19.6 Å². The molecule has 0 bridgehead atoms. The van der Waals surface area contributed by atoms with Crippen LogP contribution in [0.15, 0.2) is 97.1 Å². The van der Waals surface area contributed by atoms with E-state index in [9.17, 15) is 5.11 Å². The lowest BCUT2D eigenvalue weighted by Gasteiger charge is -2.52. The average molecular weight is 919 g/mol. The molecule has 0 spiro atoms. The van der Waals surface area contributed by atoms with Crippen molar-refractivity contribution in [2.75, 3.05) is 52.4 Å². The van der Waals surface area contributed by atoms with Crippen LogP contribution in [0.5, 0.6) is 5.75 Å². The summed E-state index contributed by atoms with van der Waals surface area (Å²) in [5, 5.41) is 10.2. The molecule has 4 saturated carbocycles. The van der Waals surface area contributed by atoms with Crippen molar-refractivity contribution in [3.05, 3.63) is 136 Å². The van der Waals surface area contributed by atoms with Gasteiger partial charge in [-0.1, -0.05) is 179 Å². The van der Waals surface area contributed by atoms with Crippen molar-refractivity contribution in [3.63, 3.8) is 0 Å². The van der Waals surface area contributed by atoms with Crippen LogP contribution < -0.4 is 0 Å². The quantitative estimate of drug-likeness (QED) is 0.190. The molecule has 5 nitrogen and oxygen atoms in total. The minimum absolute atomic E-state index is 0.141. The summed E-state index contributed by atoms with van der Waals surface area (Å²) in [4.78, 5) is 10.8. The molecule has 368 valence electrons. The van der Waals surface area contributed by atoms with E-state index in [4.69, 9.17) is 0 Å². The van der Waals surface area contributed by atoms with Crippen molar-refractivity contribution in [2.45, 2.75) is 197 Å². The van der Waals surface area contributed by atoms with E-state index in [0.717, 1.165) is 0 Å². The fourth-order valence-corrected chi connectivity index (χ4v) is 14.4. The standard InChI is InChI=1S/3C16H23N.C15H21NO/c1-14-8-3-4-9-15(14)16(17-12-7-13-17)10-5-2-6-11-16;1-14-6-8-15(9-7-14)16(17-12-5-13-17)10-3-2-4-11-16;1-14-7-5-8-15(13-14)16(17-11-6-12-17)9-3-2-4-10-16;17-14-8-3-2-7-13(14)15(16-11-6-12-16)9-4-1-5-10-15/h3-4,8-9H,2,5-7,10-13H2,1H3;6-9H,2-5,10-13H2,1H3;5,7-8,13H,2-4,6,9-12H2,1H3;2-3,7-8,17H,1,4-6,9-12H2. The molecule has 0 aromatic heterocycles. The van der Waals surface area contributed by atoms with Gasteiger partial charge >= 0.3 is 0 Å². The van der Waals surface area contributed by atoms with E-state index in [1.54, 1.807) is 16.7 Å². The summed E-state index contributed by atoms with van der Waals surface area (Å²) in [6.07, 6.45) is 32.8. The lowest BCUT2D eigenvalue weighted by molar-refractivity contribution is -0.00427. The van der Waals surface area contributed by atoms with Gasteiger partial charge in [-0.05, 0) is 126 Å². The monoisotopic (exact) mass is 919 g/mol. The Hall–Kier alpha value is -3.48. The van der Waals surface area contributed by atoms with Crippen LogP contribution >= 0.6 is 0 Å². The van der Waals surface area contributed by atoms with Crippen LogP contribution in [0, 0.1) is 20.8 Å². The van der Waals surface area contributed by atoms with Gasteiger partial charge in [0.1, 0.15) is 5.75 Å². The van der Waals surface area contributed by atoms with Crippen LogP contribution in [-0.2, 0) is 22.2 Å². The van der Waals surface area contributed by atoms with Gasteiger partial charge in [-0.2, -0.15) is 0 Å². The zero-order valence-electron chi connectivity index (χ0n) is 43.1. The lowest BCUT2D eigenvalue weighted by Crippen LogP contribution is -2.54. The van der Waals surface area contributed by atoms with Crippen LogP contribution in [0.2, 0.25) is 0 Å². The predicted molar refractivity (Wildman–Crippen MR) is 285 cm³/mol. The van der Waals surface area contributed by atoms with Crippen LogP contribution in [0.1, 0.15) is 193 Å². The zero-order valence-corrected chi connectivity index (χ0v) is 43.1. The van der Waals surface area contributed by atoms with Crippen molar-refractivity contribution in [1.29, 1.82) is 0 Å². The number of phenolic OH excluding ortho intramolecular Hbond substituents is 1. The molecule has 0 radical (unpaired) electrons. The zero-order chi connectivity index (χ0) is 46.9. The van der Waals surface area contributed by atoms with Gasteiger partial charge in [0, 0.05) is 80.1 Å². The van der Waals surface area contributed by atoms with Gasteiger partial charge in [0.2, 0.25) is 0 Å². The number of aryl methyl sites for hydroxylation is 3. The van der Waals surface area contributed by atoms with Crippen LogP contribution in [-0.4, -0.2) is 77.1 Å². The first-order valence-corrected chi connectivity index (χ1v) is 28.3. The second kappa shape index (κ2) is 22.7. The molecular weight excluding hydrogens is 829 g/mol. The minimum Gasteiger partial charge on any atom is -0.508 e. The first-order chi connectivity index (χ1) is 33.3. The molecule has 4 saturated heterocycles. The molecule has 8 aliphatic rings. The van der Waals surface area contributed by atoms with Gasteiger partial charge in [-0.3, -0.25) is 19.6 Å². The predicted octanol–water partition coefficient (Wildman–Crippen LogP) is 14.8. The lowest BCUT2D eigenvalue weighted by atomic mass is 9.72. The first-order valence-electron chi connectivity index (χ1n) is 28.3. The average Bonchev–Trinajstić information content (AvgIpc) is 3.29. The number of phenols is 1. The maximum atomic E-state index is 10.2. The Kier molecular flexibility index (Phi) is 16.5. The number of likely N-dealkylation sites (tertiary alicyclic amines) is 4. The fraction of sp³-hybridized carbons (Fsp3) is 0.619. The molecule has 68 heavy (non-hydrogen) atoms.